The SMILES string of the molecule is CCC(C#N)N(CCOC)C(CC)CC. The number of ether oxygens (including phenoxy) is 1. The van der Waals surface area contributed by atoms with Crippen LogP contribution >= 0.6 is 0 Å². The molecule has 0 bridgehead atoms. The molecule has 0 fully saturated rings. The fraction of sp³-hybridized carbons (Fsp3) is 0.917. The van der Waals surface area contributed by atoms with E-state index in [-0.39, 0.29) is 6.04 Å². The van der Waals surface area contributed by atoms with E-state index in [0.29, 0.717) is 12.6 Å². The van der Waals surface area contributed by atoms with Crippen molar-refractivity contribution in [1.29, 1.82) is 5.26 Å². The molecule has 0 heterocycles. The molecule has 0 aromatic rings. The minimum Gasteiger partial charge on any atom is -0.383 e. The third-order valence-corrected chi connectivity index (χ3v) is 2.90. The molecule has 0 amide bonds. The summed E-state index contributed by atoms with van der Waals surface area (Å²) in [6.45, 7) is 7.98. The average Bonchev–Trinajstić information content (AvgIpc) is 2.28. The van der Waals surface area contributed by atoms with Crippen LogP contribution in [0, 0.1) is 11.3 Å². The Morgan fingerprint density at radius 2 is 1.80 bits per heavy atom. The molecule has 0 aliphatic carbocycles. The molecule has 3 heteroatoms. The predicted molar refractivity (Wildman–Crippen MR) is 62.6 cm³/mol. The maximum atomic E-state index is 9.10. The van der Waals surface area contributed by atoms with Gasteiger partial charge in [-0.15, -0.1) is 0 Å². The summed E-state index contributed by atoms with van der Waals surface area (Å²) in [7, 11) is 1.71. The molecule has 3 nitrogen and oxygen atoms in total. The highest BCUT2D eigenvalue weighted by Crippen LogP contribution is 2.14. The van der Waals surface area contributed by atoms with Crippen LogP contribution in [-0.4, -0.2) is 37.2 Å². The number of nitriles is 1. The fourth-order valence-electron chi connectivity index (χ4n) is 1.95. The van der Waals surface area contributed by atoms with E-state index in [1.165, 1.54) is 0 Å². The Labute approximate surface area is 94.0 Å². The van der Waals surface area contributed by atoms with Gasteiger partial charge < -0.3 is 4.74 Å². The Hall–Kier alpha value is -0.590. The molecule has 0 N–H and O–H groups in total. The zero-order valence-corrected chi connectivity index (χ0v) is 10.5. The van der Waals surface area contributed by atoms with Gasteiger partial charge in [-0.2, -0.15) is 5.26 Å². The lowest BCUT2D eigenvalue weighted by Crippen LogP contribution is -2.43. The van der Waals surface area contributed by atoms with Crippen molar-refractivity contribution in [3.05, 3.63) is 0 Å². The van der Waals surface area contributed by atoms with Crippen LogP contribution in [0.4, 0.5) is 0 Å². The summed E-state index contributed by atoms with van der Waals surface area (Å²) in [6, 6.07) is 2.92. The maximum absolute atomic E-state index is 9.10. The number of nitrogens with zero attached hydrogens (tertiary/aromatic N) is 2. The zero-order valence-electron chi connectivity index (χ0n) is 10.5. The molecule has 0 saturated carbocycles. The minimum absolute atomic E-state index is 0.0325. The highest BCUT2D eigenvalue weighted by atomic mass is 16.5. The van der Waals surface area contributed by atoms with Crippen molar-refractivity contribution in [3.8, 4) is 6.07 Å². The number of methoxy groups -OCH3 is 1. The van der Waals surface area contributed by atoms with E-state index in [1.54, 1.807) is 7.11 Å². The summed E-state index contributed by atoms with van der Waals surface area (Å²) in [6.07, 6.45) is 3.08. The maximum Gasteiger partial charge on any atom is 0.0978 e. The molecular weight excluding hydrogens is 188 g/mol. The first kappa shape index (κ1) is 14.4. The summed E-state index contributed by atoms with van der Waals surface area (Å²) in [5.41, 5.74) is 0. The van der Waals surface area contributed by atoms with E-state index < -0.39 is 0 Å². The highest BCUT2D eigenvalue weighted by molar-refractivity contribution is 4.93. The highest BCUT2D eigenvalue weighted by Gasteiger charge is 2.22. The zero-order chi connectivity index (χ0) is 11.7. The van der Waals surface area contributed by atoms with Gasteiger partial charge in [0.25, 0.3) is 0 Å². The lowest BCUT2D eigenvalue weighted by molar-refractivity contribution is 0.0958. The van der Waals surface area contributed by atoms with Crippen molar-refractivity contribution in [2.24, 2.45) is 0 Å². The van der Waals surface area contributed by atoms with Crippen LogP contribution in [0.15, 0.2) is 0 Å². The monoisotopic (exact) mass is 212 g/mol. The minimum atomic E-state index is 0.0325. The Kier molecular flexibility index (Phi) is 8.35. The van der Waals surface area contributed by atoms with Gasteiger partial charge in [0.2, 0.25) is 0 Å². The van der Waals surface area contributed by atoms with Crippen molar-refractivity contribution in [2.75, 3.05) is 20.3 Å². The van der Waals surface area contributed by atoms with Crippen LogP contribution in [0.2, 0.25) is 0 Å². The molecule has 1 unspecified atom stereocenters. The van der Waals surface area contributed by atoms with Crippen LogP contribution in [0.25, 0.3) is 0 Å². The largest absolute Gasteiger partial charge is 0.383 e. The van der Waals surface area contributed by atoms with Crippen LogP contribution in [0.3, 0.4) is 0 Å². The Morgan fingerprint density at radius 3 is 2.13 bits per heavy atom. The molecule has 0 aromatic carbocycles. The Balaban J connectivity index is 4.47. The van der Waals surface area contributed by atoms with Gasteiger partial charge in [0.1, 0.15) is 0 Å². The molecule has 0 saturated heterocycles. The Bertz CT molecular complexity index is 185. The van der Waals surface area contributed by atoms with Crippen LogP contribution in [0.1, 0.15) is 40.0 Å². The summed E-state index contributed by atoms with van der Waals surface area (Å²) in [5, 5.41) is 9.10. The average molecular weight is 212 g/mol. The third-order valence-electron chi connectivity index (χ3n) is 2.90. The van der Waals surface area contributed by atoms with Gasteiger partial charge in [-0.3, -0.25) is 4.90 Å². The molecule has 88 valence electrons. The van der Waals surface area contributed by atoms with Gasteiger partial charge in [0.05, 0.1) is 18.7 Å². The fourth-order valence-corrected chi connectivity index (χ4v) is 1.95. The first-order valence-electron chi connectivity index (χ1n) is 5.89. The smallest absolute Gasteiger partial charge is 0.0978 e. The molecule has 0 aliphatic rings. The van der Waals surface area contributed by atoms with E-state index in [9.17, 15) is 0 Å². The van der Waals surface area contributed by atoms with Gasteiger partial charge in [0, 0.05) is 19.7 Å². The second-order valence-electron chi connectivity index (χ2n) is 3.75. The van der Waals surface area contributed by atoms with Crippen LogP contribution in [0.5, 0.6) is 0 Å². The molecular formula is C12H24N2O. The van der Waals surface area contributed by atoms with Gasteiger partial charge in [-0.25, -0.2) is 0 Å². The van der Waals surface area contributed by atoms with Gasteiger partial charge in [0.15, 0.2) is 0 Å². The van der Waals surface area contributed by atoms with Gasteiger partial charge >= 0.3 is 0 Å². The first-order valence-corrected chi connectivity index (χ1v) is 5.89. The van der Waals surface area contributed by atoms with Gasteiger partial charge in [-0.1, -0.05) is 20.8 Å². The van der Waals surface area contributed by atoms with Crippen LogP contribution in [-0.2, 0) is 4.74 Å². The van der Waals surface area contributed by atoms with Crippen molar-refractivity contribution in [1.82, 2.24) is 4.90 Å². The lowest BCUT2D eigenvalue weighted by atomic mass is 10.1. The molecule has 0 rings (SSSR count). The summed E-state index contributed by atoms with van der Waals surface area (Å²) < 4.78 is 5.10. The van der Waals surface area contributed by atoms with E-state index >= 15 is 0 Å². The molecule has 0 aromatic heterocycles. The van der Waals surface area contributed by atoms with E-state index in [1.807, 2.05) is 0 Å². The quantitative estimate of drug-likeness (QED) is 0.620. The summed E-state index contributed by atoms with van der Waals surface area (Å²) >= 11 is 0. The third kappa shape index (κ3) is 4.63. The number of rotatable bonds is 8. The Morgan fingerprint density at radius 1 is 1.20 bits per heavy atom. The van der Waals surface area contributed by atoms with Crippen molar-refractivity contribution >= 4 is 0 Å². The summed E-state index contributed by atoms with van der Waals surface area (Å²) in [4.78, 5) is 2.28. The molecule has 0 spiro atoms. The van der Waals surface area contributed by atoms with Crippen molar-refractivity contribution < 1.29 is 4.74 Å². The predicted octanol–water partition coefficient (Wildman–Crippen LogP) is 2.43. The molecule has 1 atom stereocenters. The summed E-state index contributed by atoms with van der Waals surface area (Å²) in [5.74, 6) is 0. The van der Waals surface area contributed by atoms with Crippen molar-refractivity contribution in [3.63, 3.8) is 0 Å². The molecule has 15 heavy (non-hydrogen) atoms. The number of hydrogen-bond acceptors (Lipinski definition) is 3. The lowest BCUT2D eigenvalue weighted by Gasteiger charge is -2.33. The van der Waals surface area contributed by atoms with Crippen LogP contribution < -0.4 is 0 Å². The molecule has 0 radical (unpaired) electrons. The molecule has 0 aliphatic heterocycles. The van der Waals surface area contributed by atoms with Crippen molar-refractivity contribution in [2.45, 2.75) is 52.1 Å². The van der Waals surface area contributed by atoms with E-state index in [0.717, 1.165) is 25.8 Å². The van der Waals surface area contributed by atoms with E-state index in [2.05, 4.69) is 31.7 Å². The second kappa shape index (κ2) is 8.70. The second-order valence-corrected chi connectivity index (χ2v) is 3.75. The normalized spacial score (nSPS) is 13.1. The van der Waals surface area contributed by atoms with E-state index in [4.69, 9.17) is 10.00 Å². The topological polar surface area (TPSA) is 36.3 Å². The number of hydrogen-bond donors (Lipinski definition) is 0. The van der Waals surface area contributed by atoms with Gasteiger partial charge in [-0.05, 0) is 19.3 Å². The standard InChI is InChI=1S/C12H24N2O/c1-5-11(6-2)14(8-9-15-4)12(7-3)10-13/h11-12H,5-9H2,1-4H3. The first-order chi connectivity index (χ1) is 7.24.